The van der Waals surface area contributed by atoms with Crippen molar-refractivity contribution in [2.75, 3.05) is 0 Å². The summed E-state index contributed by atoms with van der Waals surface area (Å²) in [6.45, 7) is 10.5. The van der Waals surface area contributed by atoms with Gasteiger partial charge in [-0.3, -0.25) is 9.59 Å². The van der Waals surface area contributed by atoms with Gasteiger partial charge in [-0.25, -0.2) is 0 Å². The summed E-state index contributed by atoms with van der Waals surface area (Å²) in [6, 6.07) is 8.34. The van der Waals surface area contributed by atoms with Crippen molar-refractivity contribution in [2.24, 2.45) is 10.8 Å². The summed E-state index contributed by atoms with van der Waals surface area (Å²) in [5.74, 6) is -0.161. The second-order valence-corrected chi connectivity index (χ2v) is 9.81. The summed E-state index contributed by atoms with van der Waals surface area (Å²) in [5, 5.41) is 20.4. The Kier molecular flexibility index (Phi) is 7.17. The van der Waals surface area contributed by atoms with Crippen molar-refractivity contribution < 1.29 is 29.3 Å². The number of carbonyl (C=O) groups excluding carboxylic acids is 2. The number of hydrogen-bond donors (Lipinski definition) is 2. The van der Waals surface area contributed by atoms with E-state index >= 15 is 0 Å². The van der Waals surface area contributed by atoms with Gasteiger partial charge in [0.2, 0.25) is 0 Å². The van der Waals surface area contributed by atoms with Crippen LogP contribution in [0.15, 0.2) is 30.3 Å². The molecule has 0 fully saturated rings. The van der Waals surface area contributed by atoms with Crippen molar-refractivity contribution in [1.82, 2.24) is 0 Å². The van der Waals surface area contributed by atoms with Crippen molar-refractivity contribution >= 4 is 34.3 Å². The van der Waals surface area contributed by atoms with Gasteiger partial charge in [-0.1, -0.05) is 23.7 Å². The summed E-state index contributed by atoms with van der Waals surface area (Å²) < 4.78 is 11.2. The Balaban J connectivity index is 2.55. The molecule has 0 radical (unpaired) electrons. The van der Waals surface area contributed by atoms with E-state index in [1.165, 1.54) is 0 Å². The highest BCUT2D eigenvalue weighted by Gasteiger charge is 2.27. The molecule has 164 valence electrons. The van der Waals surface area contributed by atoms with Gasteiger partial charge in [0.25, 0.3) is 0 Å². The maximum atomic E-state index is 12.4. The molecule has 0 saturated carbocycles. The zero-order valence-electron chi connectivity index (χ0n) is 18.2. The molecule has 0 heterocycles. The topological polar surface area (TPSA) is 93.1 Å². The number of aliphatic hydroxyl groups excluding tert-OH is 2. The number of ether oxygens (including phenoxy) is 2. The number of esters is 2. The number of halogens is 1. The van der Waals surface area contributed by atoms with E-state index in [-0.39, 0.29) is 6.42 Å². The van der Waals surface area contributed by atoms with Gasteiger partial charge in [0.1, 0.15) is 11.5 Å². The van der Waals surface area contributed by atoms with Gasteiger partial charge in [0.15, 0.2) is 5.56 Å². The van der Waals surface area contributed by atoms with E-state index < -0.39 is 34.4 Å². The second-order valence-electron chi connectivity index (χ2n) is 9.36. The molecule has 0 aromatic heterocycles. The van der Waals surface area contributed by atoms with E-state index in [1.807, 2.05) is 0 Å². The van der Waals surface area contributed by atoms with Crippen molar-refractivity contribution in [3.63, 3.8) is 0 Å². The van der Waals surface area contributed by atoms with E-state index in [0.29, 0.717) is 27.8 Å². The lowest BCUT2D eigenvalue weighted by atomic mass is 9.96. The monoisotopic (exact) mass is 436 g/mol. The molecule has 0 aliphatic carbocycles. The fraction of sp³-hybridized carbons (Fsp3) is 0.478. The lowest BCUT2D eigenvalue weighted by Gasteiger charge is -2.20. The number of carbonyl (C=O) groups is 2. The average Bonchev–Trinajstić information content (AvgIpc) is 2.61. The number of rotatable bonds is 5. The van der Waals surface area contributed by atoms with Gasteiger partial charge in [-0.05, 0) is 65.3 Å². The molecule has 0 amide bonds. The Morgan fingerprint density at radius 1 is 0.867 bits per heavy atom. The first kappa shape index (κ1) is 24.1. The molecule has 2 aromatic carbocycles. The predicted octanol–water partition coefficient (Wildman–Crippen LogP) is 4.20. The summed E-state index contributed by atoms with van der Waals surface area (Å²) in [4.78, 5) is 24.8. The Morgan fingerprint density at radius 2 is 1.33 bits per heavy atom. The molecule has 0 bridgehead atoms. The van der Waals surface area contributed by atoms with Crippen LogP contribution in [0.2, 0.25) is 0 Å². The third kappa shape index (κ3) is 5.94. The smallest absolute Gasteiger partial charge is 0.316 e. The average molecular weight is 437 g/mol. The third-order valence-corrected chi connectivity index (χ3v) is 4.68. The number of aliphatic hydroxyl groups is 2. The minimum atomic E-state index is -1.40. The quantitative estimate of drug-likeness (QED) is 0.414. The predicted molar refractivity (Wildman–Crippen MR) is 116 cm³/mol. The van der Waals surface area contributed by atoms with Gasteiger partial charge in [0, 0.05) is 17.2 Å². The zero-order valence-corrected chi connectivity index (χ0v) is 18.9. The van der Waals surface area contributed by atoms with Crippen molar-refractivity contribution in [3.05, 3.63) is 35.9 Å². The summed E-state index contributed by atoms with van der Waals surface area (Å²) >= 11 is 5.55. The maximum absolute atomic E-state index is 12.4. The Morgan fingerprint density at radius 3 is 1.77 bits per heavy atom. The Labute approximate surface area is 181 Å². The van der Waals surface area contributed by atoms with Gasteiger partial charge >= 0.3 is 11.9 Å². The highest BCUT2D eigenvalue weighted by molar-refractivity contribution is 6.19. The van der Waals surface area contributed by atoms with Crippen LogP contribution in [0.3, 0.4) is 0 Å². The molecular weight excluding hydrogens is 408 g/mol. The lowest BCUT2D eigenvalue weighted by Crippen LogP contribution is -2.26. The standard InChI is InChI=1S/C23H29ClO6/c1-22(2,3)20(27)29-17-9-10-18(30-21(28)23(4,5)6)15-11-13(7-8-14(15)17)12-16(25)19(24)26/h7-11,16,19,25-26H,12H2,1-6H3. The van der Waals surface area contributed by atoms with Crippen LogP contribution in [0.4, 0.5) is 0 Å². The van der Waals surface area contributed by atoms with Gasteiger partial charge in [-0.2, -0.15) is 0 Å². The van der Waals surface area contributed by atoms with E-state index in [0.717, 1.165) is 0 Å². The summed E-state index contributed by atoms with van der Waals surface area (Å²) in [7, 11) is 0. The van der Waals surface area contributed by atoms with Crippen LogP contribution in [0.1, 0.15) is 47.1 Å². The fourth-order valence-electron chi connectivity index (χ4n) is 2.49. The van der Waals surface area contributed by atoms with Crippen LogP contribution in [0.5, 0.6) is 11.5 Å². The first-order valence-electron chi connectivity index (χ1n) is 9.70. The maximum Gasteiger partial charge on any atom is 0.316 e. The van der Waals surface area contributed by atoms with Crippen molar-refractivity contribution in [3.8, 4) is 11.5 Å². The third-order valence-electron chi connectivity index (χ3n) is 4.39. The first-order chi connectivity index (χ1) is 13.7. The highest BCUT2D eigenvalue weighted by atomic mass is 35.5. The SMILES string of the molecule is CC(C)(C)C(=O)Oc1ccc(OC(=O)C(C)(C)C)c2cc(CC(O)C(O)Cl)ccc12. The van der Waals surface area contributed by atoms with E-state index in [2.05, 4.69) is 0 Å². The molecule has 2 atom stereocenters. The fourth-order valence-corrected chi connectivity index (χ4v) is 2.58. The number of fused-ring (bicyclic) bond motifs is 1. The normalized spacial score (nSPS) is 14.3. The van der Waals surface area contributed by atoms with Crippen LogP contribution in [-0.4, -0.2) is 33.8 Å². The highest BCUT2D eigenvalue weighted by Crippen LogP contribution is 2.36. The zero-order chi connectivity index (χ0) is 22.9. The lowest BCUT2D eigenvalue weighted by molar-refractivity contribution is -0.143. The van der Waals surface area contributed by atoms with E-state index in [4.69, 9.17) is 21.1 Å². The second kappa shape index (κ2) is 8.92. The van der Waals surface area contributed by atoms with Gasteiger partial charge < -0.3 is 19.7 Å². The van der Waals surface area contributed by atoms with E-state index in [1.54, 1.807) is 71.9 Å². The largest absolute Gasteiger partial charge is 0.425 e. The number of alkyl halides is 1. The molecule has 0 aliphatic heterocycles. The summed E-state index contributed by atoms with van der Waals surface area (Å²) in [6.07, 6.45) is -1.06. The molecule has 2 unspecified atom stereocenters. The first-order valence-corrected chi connectivity index (χ1v) is 10.1. The van der Waals surface area contributed by atoms with Crippen LogP contribution < -0.4 is 9.47 Å². The molecule has 2 N–H and O–H groups in total. The molecule has 7 heteroatoms. The van der Waals surface area contributed by atoms with Crippen LogP contribution in [0, 0.1) is 10.8 Å². The van der Waals surface area contributed by atoms with Crippen LogP contribution in [0.25, 0.3) is 10.8 Å². The van der Waals surface area contributed by atoms with Crippen molar-refractivity contribution in [1.29, 1.82) is 0 Å². The molecule has 0 saturated heterocycles. The van der Waals surface area contributed by atoms with Crippen molar-refractivity contribution in [2.45, 2.75) is 59.6 Å². The molecule has 6 nitrogen and oxygen atoms in total. The molecule has 2 aromatic rings. The van der Waals surface area contributed by atoms with E-state index in [9.17, 15) is 19.8 Å². The summed E-state index contributed by atoms with van der Waals surface area (Å²) in [5.41, 5.74) is -2.13. The molecular formula is C23H29ClO6. The molecule has 30 heavy (non-hydrogen) atoms. The minimum Gasteiger partial charge on any atom is -0.425 e. The van der Waals surface area contributed by atoms with Crippen LogP contribution in [-0.2, 0) is 16.0 Å². The Hall–Kier alpha value is -2.15. The molecule has 2 rings (SSSR count). The Bertz CT molecular complexity index is 937. The van der Waals surface area contributed by atoms with Gasteiger partial charge in [-0.15, -0.1) is 0 Å². The minimum absolute atomic E-state index is 0.0965. The van der Waals surface area contributed by atoms with Crippen LogP contribution >= 0.6 is 11.6 Å². The number of benzene rings is 2. The van der Waals surface area contributed by atoms with Gasteiger partial charge in [0.05, 0.1) is 16.9 Å². The number of hydrogen-bond acceptors (Lipinski definition) is 6. The molecule has 0 spiro atoms. The molecule has 0 aliphatic rings.